The van der Waals surface area contributed by atoms with Crippen molar-refractivity contribution in [2.45, 2.75) is 0 Å². The van der Waals surface area contributed by atoms with Gasteiger partial charge in [0.1, 0.15) is 11.5 Å². The molecule has 3 aromatic carbocycles. The smallest absolute Gasteiger partial charge is 0.335 e. The molecule has 0 bridgehead atoms. The first-order valence-corrected chi connectivity index (χ1v) is 7.78. The van der Waals surface area contributed by atoms with E-state index in [9.17, 15) is 14.7 Å². The minimum atomic E-state index is -0.879. The summed E-state index contributed by atoms with van der Waals surface area (Å²) < 4.78 is 4.96. The number of carboxylic acids is 1. The molecule has 0 heterocycles. The third-order valence-corrected chi connectivity index (χ3v) is 3.51. The van der Waals surface area contributed by atoms with E-state index in [2.05, 4.69) is 0 Å². The first-order chi connectivity index (χ1) is 12.5. The van der Waals surface area contributed by atoms with Crippen LogP contribution in [-0.2, 0) is 0 Å². The molecule has 0 aliphatic carbocycles. The number of carbonyl (C=O) groups is 2. The molecule has 0 atom stereocenters. The Morgan fingerprint density at radius 2 is 1.35 bits per heavy atom. The largest absolute Gasteiger partial charge is 0.507 e. The van der Waals surface area contributed by atoms with Gasteiger partial charge in [0.2, 0.25) is 0 Å². The van der Waals surface area contributed by atoms with Crippen LogP contribution in [0.2, 0.25) is 0 Å². The van der Waals surface area contributed by atoms with Gasteiger partial charge in [-0.05, 0) is 24.3 Å². The van der Waals surface area contributed by atoms with Gasteiger partial charge in [0.15, 0.2) is 5.78 Å². The highest BCUT2D eigenvalue weighted by Crippen LogP contribution is 2.25. The number of carbonyl (C=O) groups excluding carboxylic acids is 1. The van der Waals surface area contributed by atoms with Gasteiger partial charge in [0.25, 0.3) is 0 Å². The molecule has 0 aliphatic rings. The van der Waals surface area contributed by atoms with Gasteiger partial charge in [-0.3, -0.25) is 4.79 Å². The third kappa shape index (κ3) is 4.95. The second kappa shape index (κ2) is 9.03. The number of ether oxygens (including phenoxy) is 1. The molecule has 0 aromatic heterocycles. The van der Waals surface area contributed by atoms with Gasteiger partial charge in [0.05, 0.1) is 18.2 Å². The van der Waals surface area contributed by atoms with Crippen LogP contribution in [0.4, 0.5) is 0 Å². The van der Waals surface area contributed by atoms with Crippen LogP contribution < -0.4 is 4.74 Å². The highest BCUT2D eigenvalue weighted by Gasteiger charge is 2.13. The van der Waals surface area contributed by atoms with E-state index < -0.39 is 5.97 Å². The molecule has 132 valence electrons. The Morgan fingerprint density at radius 1 is 0.808 bits per heavy atom. The molecule has 3 aromatic rings. The van der Waals surface area contributed by atoms with E-state index >= 15 is 0 Å². The molecular formula is C21H18O5. The lowest BCUT2D eigenvalue weighted by Gasteiger charge is -2.06. The average molecular weight is 350 g/mol. The third-order valence-electron chi connectivity index (χ3n) is 3.51. The van der Waals surface area contributed by atoms with E-state index in [1.807, 2.05) is 6.07 Å². The SMILES string of the molecule is COc1ccc(C(=O)c2ccccc2)c(O)c1.O=C(O)c1ccccc1. The number of ketones is 1. The van der Waals surface area contributed by atoms with Gasteiger partial charge in [0, 0.05) is 11.6 Å². The topological polar surface area (TPSA) is 83.8 Å². The molecule has 0 saturated heterocycles. The van der Waals surface area contributed by atoms with E-state index in [1.165, 1.54) is 13.2 Å². The Balaban J connectivity index is 0.000000228. The van der Waals surface area contributed by atoms with Gasteiger partial charge in [-0.2, -0.15) is 0 Å². The lowest BCUT2D eigenvalue weighted by Crippen LogP contribution is -2.01. The summed E-state index contributed by atoms with van der Waals surface area (Å²) in [5.74, 6) is -0.633. The minimum absolute atomic E-state index is 0.0711. The summed E-state index contributed by atoms with van der Waals surface area (Å²) >= 11 is 0. The summed E-state index contributed by atoms with van der Waals surface area (Å²) in [6.07, 6.45) is 0. The van der Waals surface area contributed by atoms with Crippen LogP contribution in [0.1, 0.15) is 26.3 Å². The summed E-state index contributed by atoms with van der Waals surface area (Å²) in [6.45, 7) is 0. The van der Waals surface area contributed by atoms with E-state index in [0.29, 0.717) is 16.9 Å². The number of carboxylic acid groups (broad SMARTS) is 1. The second-order valence-corrected chi connectivity index (χ2v) is 5.25. The molecule has 0 radical (unpaired) electrons. The fourth-order valence-electron chi connectivity index (χ4n) is 2.16. The summed E-state index contributed by atoms with van der Waals surface area (Å²) in [5.41, 5.74) is 1.16. The molecule has 0 saturated carbocycles. The fraction of sp³-hybridized carbons (Fsp3) is 0.0476. The Kier molecular flexibility index (Phi) is 6.51. The van der Waals surface area contributed by atoms with Crippen molar-refractivity contribution >= 4 is 11.8 Å². The molecule has 0 amide bonds. The Morgan fingerprint density at radius 3 is 1.77 bits per heavy atom. The highest BCUT2D eigenvalue weighted by atomic mass is 16.5. The molecular weight excluding hydrogens is 332 g/mol. The number of aromatic carboxylic acids is 1. The molecule has 0 fully saturated rings. The van der Waals surface area contributed by atoms with Gasteiger partial charge < -0.3 is 14.9 Å². The zero-order chi connectivity index (χ0) is 18.9. The van der Waals surface area contributed by atoms with Crippen LogP contribution in [0.15, 0.2) is 78.9 Å². The number of benzene rings is 3. The van der Waals surface area contributed by atoms with Crippen LogP contribution in [0.5, 0.6) is 11.5 Å². The van der Waals surface area contributed by atoms with Crippen molar-refractivity contribution in [3.8, 4) is 11.5 Å². The zero-order valence-corrected chi connectivity index (χ0v) is 14.1. The number of aromatic hydroxyl groups is 1. The maximum atomic E-state index is 12.1. The molecule has 0 unspecified atom stereocenters. The van der Waals surface area contributed by atoms with Crippen molar-refractivity contribution in [1.82, 2.24) is 0 Å². The summed E-state index contributed by atoms with van der Waals surface area (Å²) in [5, 5.41) is 18.1. The van der Waals surface area contributed by atoms with E-state index in [4.69, 9.17) is 9.84 Å². The molecule has 26 heavy (non-hydrogen) atoms. The van der Waals surface area contributed by atoms with Crippen molar-refractivity contribution in [3.63, 3.8) is 0 Å². The Hall–Kier alpha value is -3.60. The molecule has 0 aliphatic heterocycles. The summed E-state index contributed by atoms with van der Waals surface area (Å²) in [6, 6.07) is 21.8. The lowest BCUT2D eigenvalue weighted by molar-refractivity contribution is 0.0696. The zero-order valence-electron chi connectivity index (χ0n) is 14.1. The van der Waals surface area contributed by atoms with Crippen molar-refractivity contribution in [1.29, 1.82) is 0 Å². The predicted octanol–water partition coefficient (Wildman–Crippen LogP) is 4.02. The maximum absolute atomic E-state index is 12.1. The maximum Gasteiger partial charge on any atom is 0.335 e. The van der Waals surface area contributed by atoms with Gasteiger partial charge in [-0.25, -0.2) is 4.79 Å². The van der Waals surface area contributed by atoms with E-state index in [0.717, 1.165) is 0 Å². The monoisotopic (exact) mass is 350 g/mol. The Bertz CT molecular complexity index is 873. The standard InChI is InChI=1S/C14H12O3.C7H6O2/c1-17-11-7-8-12(13(15)9-11)14(16)10-5-3-2-4-6-10;8-7(9)6-4-2-1-3-5-6/h2-9,15H,1H3;1-5H,(H,8,9). The first-order valence-electron chi connectivity index (χ1n) is 7.78. The lowest BCUT2D eigenvalue weighted by atomic mass is 10.0. The predicted molar refractivity (Wildman–Crippen MR) is 97.9 cm³/mol. The number of methoxy groups -OCH3 is 1. The second-order valence-electron chi connectivity index (χ2n) is 5.25. The molecule has 3 rings (SSSR count). The number of hydrogen-bond donors (Lipinski definition) is 2. The number of hydrogen-bond acceptors (Lipinski definition) is 4. The summed E-state index contributed by atoms with van der Waals surface area (Å²) in [7, 11) is 1.51. The molecule has 2 N–H and O–H groups in total. The van der Waals surface area contributed by atoms with Crippen molar-refractivity contribution in [2.24, 2.45) is 0 Å². The van der Waals surface area contributed by atoms with E-state index in [-0.39, 0.29) is 17.1 Å². The van der Waals surface area contributed by atoms with Crippen LogP contribution in [0.3, 0.4) is 0 Å². The minimum Gasteiger partial charge on any atom is -0.507 e. The van der Waals surface area contributed by atoms with Gasteiger partial charge in [-0.15, -0.1) is 0 Å². The molecule has 0 spiro atoms. The summed E-state index contributed by atoms with van der Waals surface area (Å²) in [4.78, 5) is 22.3. The van der Waals surface area contributed by atoms with Crippen LogP contribution in [0.25, 0.3) is 0 Å². The average Bonchev–Trinajstić information content (AvgIpc) is 2.69. The van der Waals surface area contributed by atoms with Crippen molar-refractivity contribution in [2.75, 3.05) is 7.11 Å². The van der Waals surface area contributed by atoms with Crippen LogP contribution in [-0.4, -0.2) is 29.1 Å². The molecule has 5 nitrogen and oxygen atoms in total. The van der Waals surface area contributed by atoms with Gasteiger partial charge in [-0.1, -0.05) is 48.5 Å². The normalized spacial score (nSPS) is 9.58. The Labute approximate surface area is 151 Å². The van der Waals surface area contributed by atoms with Crippen molar-refractivity contribution in [3.05, 3.63) is 95.6 Å². The number of rotatable bonds is 4. The van der Waals surface area contributed by atoms with E-state index in [1.54, 1.807) is 66.7 Å². The number of phenols is 1. The van der Waals surface area contributed by atoms with Crippen LogP contribution in [0, 0.1) is 0 Å². The molecule has 5 heteroatoms. The first kappa shape index (κ1) is 18.7. The number of phenolic OH excluding ortho intramolecular Hbond substituents is 1. The van der Waals surface area contributed by atoms with Crippen molar-refractivity contribution < 1.29 is 24.5 Å². The quantitative estimate of drug-likeness (QED) is 0.695. The van der Waals surface area contributed by atoms with Crippen LogP contribution >= 0.6 is 0 Å². The highest BCUT2D eigenvalue weighted by molar-refractivity contribution is 6.10. The fourth-order valence-corrected chi connectivity index (χ4v) is 2.16. The van der Waals surface area contributed by atoms with Gasteiger partial charge >= 0.3 is 5.97 Å².